The number of carbonyl (C=O) groups is 1. The molecule has 1 heterocycles. The van der Waals surface area contributed by atoms with E-state index >= 15 is 0 Å². The molecule has 0 atom stereocenters. The molecule has 4 nitrogen and oxygen atoms in total. The van der Waals surface area contributed by atoms with Crippen LogP contribution in [0.1, 0.15) is 49.4 Å². The predicted molar refractivity (Wildman–Crippen MR) is 76.2 cm³/mol. The maximum absolute atomic E-state index is 12.4. The van der Waals surface area contributed by atoms with Crippen LogP contribution in [0, 0.1) is 23.7 Å². The largest absolute Gasteiger partial charge is 0.349 e. The fourth-order valence-corrected chi connectivity index (χ4v) is 5.05. The van der Waals surface area contributed by atoms with E-state index in [0.29, 0.717) is 11.6 Å². The fourth-order valence-electron chi connectivity index (χ4n) is 5.05. The SMILES string of the molecule is CCn1cc(C(=O)NC2C3CC4CC(C3)CC2C4)cn1. The van der Waals surface area contributed by atoms with Crippen molar-refractivity contribution < 1.29 is 4.79 Å². The summed E-state index contributed by atoms with van der Waals surface area (Å²) in [6.45, 7) is 2.85. The highest BCUT2D eigenvalue weighted by Gasteiger charge is 2.48. The summed E-state index contributed by atoms with van der Waals surface area (Å²) in [5.74, 6) is 3.44. The Labute approximate surface area is 119 Å². The van der Waals surface area contributed by atoms with Crippen molar-refractivity contribution >= 4 is 5.91 Å². The molecule has 0 unspecified atom stereocenters. The Bertz CT molecular complexity index is 494. The number of nitrogens with zero attached hydrogens (tertiary/aromatic N) is 2. The van der Waals surface area contributed by atoms with Crippen LogP contribution in [0.5, 0.6) is 0 Å². The van der Waals surface area contributed by atoms with Gasteiger partial charge in [0.2, 0.25) is 0 Å². The molecule has 4 aliphatic rings. The number of hydrogen-bond donors (Lipinski definition) is 1. The smallest absolute Gasteiger partial charge is 0.254 e. The first kappa shape index (κ1) is 12.4. The van der Waals surface area contributed by atoms with E-state index in [2.05, 4.69) is 10.4 Å². The van der Waals surface area contributed by atoms with Gasteiger partial charge >= 0.3 is 0 Å². The van der Waals surface area contributed by atoms with E-state index in [-0.39, 0.29) is 5.91 Å². The van der Waals surface area contributed by atoms with Gasteiger partial charge in [-0.2, -0.15) is 5.10 Å². The number of aryl methyl sites for hydroxylation is 1. The van der Waals surface area contributed by atoms with Crippen LogP contribution in [0.4, 0.5) is 0 Å². The van der Waals surface area contributed by atoms with E-state index in [1.54, 1.807) is 6.20 Å². The molecule has 4 fully saturated rings. The highest BCUT2D eigenvalue weighted by atomic mass is 16.1. The molecule has 4 aliphatic carbocycles. The number of nitrogens with one attached hydrogen (secondary N) is 1. The van der Waals surface area contributed by atoms with Crippen LogP contribution in [-0.2, 0) is 6.54 Å². The first-order chi connectivity index (χ1) is 9.72. The number of rotatable bonds is 3. The molecule has 20 heavy (non-hydrogen) atoms. The Morgan fingerprint density at radius 3 is 2.45 bits per heavy atom. The average Bonchev–Trinajstić information content (AvgIpc) is 2.91. The molecule has 0 aromatic carbocycles. The topological polar surface area (TPSA) is 46.9 Å². The van der Waals surface area contributed by atoms with E-state index in [1.807, 2.05) is 17.8 Å². The van der Waals surface area contributed by atoms with Crippen molar-refractivity contribution in [2.75, 3.05) is 0 Å². The highest BCUT2D eigenvalue weighted by molar-refractivity contribution is 5.93. The number of aromatic nitrogens is 2. The Hall–Kier alpha value is -1.32. The van der Waals surface area contributed by atoms with E-state index in [0.717, 1.165) is 30.2 Å². The lowest BCUT2D eigenvalue weighted by atomic mass is 9.54. The molecule has 0 saturated heterocycles. The second-order valence-corrected chi connectivity index (χ2v) is 7.01. The fraction of sp³-hybridized carbons (Fsp3) is 0.750. The summed E-state index contributed by atoms with van der Waals surface area (Å²) < 4.78 is 1.81. The molecule has 4 heteroatoms. The van der Waals surface area contributed by atoms with Gasteiger partial charge in [0.1, 0.15) is 0 Å². The lowest BCUT2D eigenvalue weighted by Gasteiger charge is -2.54. The van der Waals surface area contributed by atoms with E-state index in [1.165, 1.54) is 32.1 Å². The first-order valence-electron chi connectivity index (χ1n) is 8.06. The third-order valence-electron chi connectivity index (χ3n) is 5.74. The molecule has 4 bridgehead atoms. The van der Waals surface area contributed by atoms with Gasteiger partial charge in [-0.05, 0) is 62.7 Å². The molecule has 108 valence electrons. The zero-order valence-electron chi connectivity index (χ0n) is 12.1. The van der Waals surface area contributed by atoms with E-state index in [4.69, 9.17) is 0 Å². The Kier molecular flexibility index (Phi) is 2.86. The quantitative estimate of drug-likeness (QED) is 0.919. The van der Waals surface area contributed by atoms with Crippen LogP contribution in [0.3, 0.4) is 0 Å². The van der Waals surface area contributed by atoms with Crippen LogP contribution < -0.4 is 5.32 Å². The Morgan fingerprint density at radius 1 is 1.25 bits per heavy atom. The molecule has 1 aromatic rings. The molecular formula is C16H23N3O. The maximum atomic E-state index is 12.4. The molecule has 0 aliphatic heterocycles. The van der Waals surface area contributed by atoms with Crippen molar-refractivity contribution in [3.05, 3.63) is 18.0 Å². The molecule has 5 rings (SSSR count). The van der Waals surface area contributed by atoms with Crippen molar-refractivity contribution in [2.45, 2.75) is 51.6 Å². The molecule has 0 radical (unpaired) electrons. The zero-order valence-corrected chi connectivity index (χ0v) is 12.1. The molecule has 1 amide bonds. The monoisotopic (exact) mass is 273 g/mol. The standard InChI is InChI=1S/C16H23N3O/c1-2-19-9-14(8-17-19)16(20)18-15-12-4-10-3-11(6-12)7-13(15)5-10/h8-13,15H,2-7H2,1H3,(H,18,20). The summed E-state index contributed by atoms with van der Waals surface area (Å²) in [4.78, 5) is 12.4. The minimum absolute atomic E-state index is 0.0715. The van der Waals surface area contributed by atoms with Crippen LogP contribution >= 0.6 is 0 Å². The number of carbonyl (C=O) groups excluding carboxylic acids is 1. The summed E-state index contributed by atoms with van der Waals surface area (Å²) >= 11 is 0. The van der Waals surface area contributed by atoms with Gasteiger partial charge in [0.05, 0.1) is 11.8 Å². The summed E-state index contributed by atoms with van der Waals surface area (Å²) in [6, 6.07) is 0.417. The van der Waals surface area contributed by atoms with Gasteiger partial charge in [-0.3, -0.25) is 9.48 Å². The van der Waals surface area contributed by atoms with Crippen LogP contribution in [0.25, 0.3) is 0 Å². The summed E-state index contributed by atoms with van der Waals surface area (Å²) in [6.07, 6.45) is 10.4. The van der Waals surface area contributed by atoms with Gasteiger partial charge in [0, 0.05) is 18.8 Å². The summed E-state index contributed by atoms with van der Waals surface area (Å²) in [5, 5.41) is 7.52. The molecule has 0 spiro atoms. The van der Waals surface area contributed by atoms with Crippen molar-refractivity contribution in [1.29, 1.82) is 0 Å². The molecule has 1 N–H and O–H groups in total. The molecule has 4 saturated carbocycles. The van der Waals surface area contributed by atoms with Gasteiger partial charge in [-0.15, -0.1) is 0 Å². The van der Waals surface area contributed by atoms with Crippen LogP contribution in [-0.4, -0.2) is 21.7 Å². The third kappa shape index (κ3) is 1.97. The van der Waals surface area contributed by atoms with Crippen molar-refractivity contribution in [3.8, 4) is 0 Å². The Balaban J connectivity index is 1.47. The van der Waals surface area contributed by atoms with E-state index < -0.39 is 0 Å². The number of amides is 1. The predicted octanol–water partition coefficient (Wildman–Crippen LogP) is 2.46. The van der Waals surface area contributed by atoms with Crippen LogP contribution in [0.2, 0.25) is 0 Å². The number of hydrogen-bond acceptors (Lipinski definition) is 2. The second-order valence-electron chi connectivity index (χ2n) is 7.01. The van der Waals surface area contributed by atoms with Crippen molar-refractivity contribution in [2.24, 2.45) is 23.7 Å². The molecule has 1 aromatic heterocycles. The van der Waals surface area contributed by atoms with Gasteiger partial charge in [-0.25, -0.2) is 0 Å². The van der Waals surface area contributed by atoms with E-state index in [9.17, 15) is 4.79 Å². The first-order valence-corrected chi connectivity index (χ1v) is 8.06. The van der Waals surface area contributed by atoms with Gasteiger partial charge in [0.15, 0.2) is 0 Å². The van der Waals surface area contributed by atoms with Gasteiger partial charge in [-0.1, -0.05) is 0 Å². The zero-order chi connectivity index (χ0) is 13.7. The second kappa shape index (κ2) is 4.61. The van der Waals surface area contributed by atoms with Crippen LogP contribution in [0.15, 0.2) is 12.4 Å². The Morgan fingerprint density at radius 2 is 1.90 bits per heavy atom. The lowest BCUT2D eigenvalue weighted by molar-refractivity contribution is -0.0119. The maximum Gasteiger partial charge on any atom is 0.254 e. The van der Waals surface area contributed by atoms with Crippen molar-refractivity contribution in [1.82, 2.24) is 15.1 Å². The summed E-state index contributed by atoms with van der Waals surface area (Å²) in [5.41, 5.74) is 0.709. The van der Waals surface area contributed by atoms with Crippen molar-refractivity contribution in [3.63, 3.8) is 0 Å². The minimum atomic E-state index is 0.0715. The average molecular weight is 273 g/mol. The van der Waals surface area contributed by atoms with Gasteiger partial charge < -0.3 is 5.32 Å². The molecular weight excluding hydrogens is 250 g/mol. The summed E-state index contributed by atoms with van der Waals surface area (Å²) in [7, 11) is 0. The third-order valence-corrected chi connectivity index (χ3v) is 5.74. The normalized spacial score (nSPS) is 38.1. The highest BCUT2D eigenvalue weighted by Crippen LogP contribution is 2.53. The lowest BCUT2D eigenvalue weighted by Crippen LogP contribution is -2.55. The van der Waals surface area contributed by atoms with Gasteiger partial charge in [0.25, 0.3) is 5.91 Å². The minimum Gasteiger partial charge on any atom is -0.349 e.